The molecule has 84 valence electrons. The molecule has 0 aliphatic heterocycles. The number of aryl methyl sites for hydroxylation is 1. The van der Waals surface area contributed by atoms with Gasteiger partial charge < -0.3 is 5.32 Å². The van der Waals surface area contributed by atoms with Crippen molar-refractivity contribution >= 4 is 26.8 Å². The third kappa shape index (κ3) is 2.42. The highest BCUT2D eigenvalue weighted by molar-refractivity contribution is 9.10. The van der Waals surface area contributed by atoms with Gasteiger partial charge in [0, 0.05) is 28.5 Å². The lowest BCUT2D eigenvalue weighted by Crippen LogP contribution is -2.11. The molecule has 0 saturated heterocycles. The van der Waals surface area contributed by atoms with Gasteiger partial charge in [-0.25, -0.2) is 0 Å². The largest absolute Gasteiger partial charge is 0.319 e. The highest BCUT2D eigenvalue weighted by Gasteiger charge is 2.03. The summed E-state index contributed by atoms with van der Waals surface area (Å²) in [7, 11) is 1.96. The number of nitrogens with zero attached hydrogens (tertiary/aromatic N) is 1. The van der Waals surface area contributed by atoms with E-state index in [0.29, 0.717) is 0 Å². The Hall–Kier alpha value is -0.930. The van der Waals surface area contributed by atoms with E-state index in [1.54, 1.807) is 0 Å². The first-order valence-corrected chi connectivity index (χ1v) is 6.20. The molecule has 0 aliphatic rings. The monoisotopic (exact) mass is 278 g/mol. The van der Waals surface area contributed by atoms with Crippen molar-refractivity contribution in [3.63, 3.8) is 0 Å². The van der Waals surface area contributed by atoms with Gasteiger partial charge in [-0.05, 0) is 43.8 Å². The van der Waals surface area contributed by atoms with Gasteiger partial charge in [-0.2, -0.15) is 0 Å². The van der Waals surface area contributed by atoms with Gasteiger partial charge in [0.15, 0.2) is 0 Å². The Morgan fingerprint density at radius 2 is 2.12 bits per heavy atom. The maximum Gasteiger partial charge on any atom is 0.0708 e. The van der Waals surface area contributed by atoms with Crippen LogP contribution in [0.15, 0.2) is 28.7 Å². The van der Waals surface area contributed by atoms with Gasteiger partial charge in [-0.15, -0.1) is 0 Å². The summed E-state index contributed by atoms with van der Waals surface area (Å²) in [5.74, 6) is 0. The normalized spacial score (nSPS) is 10.9. The van der Waals surface area contributed by atoms with Crippen LogP contribution in [0.4, 0.5) is 0 Å². The van der Waals surface area contributed by atoms with E-state index in [1.807, 2.05) is 13.1 Å². The van der Waals surface area contributed by atoms with Crippen LogP contribution in [0.3, 0.4) is 0 Å². The molecule has 1 heterocycles. The zero-order valence-corrected chi connectivity index (χ0v) is 11.1. The molecule has 0 fully saturated rings. The number of fused-ring (bicyclic) bond motifs is 1. The summed E-state index contributed by atoms with van der Waals surface area (Å²) in [6.45, 7) is 3.10. The van der Waals surface area contributed by atoms with Gasteiger partial charge in [0.05, 0.1) is 5.52 Å². The molecule has 0 bridgehead atoms. The molecular formula is C13H15BrN2. The molecule has 0 amide bonds. The number of pyridine rings is 1. The average molecular weight is 279 g/mol. The Morgan fingerprint density at radius 3 is 2.88 bits per heavy atom. The fraction of sp³-hybridized carbons (Fsp3) is 0.308. The molecule has 2 aromatic rings. The highest BCUT2D eigenvalue weighted by atomic mass is 79.9. The van der Waals surface area contributed by atoms with E-state index in [-0.39, 0.29) is 0 Å². The second kappa shape index (κ2) is 4.93. The van der Waals surface area contributed by atoms with Crippen molar-refractivity contribution in [3.05, 3.63) is 40.0 Å². The van der Waals surface area contributed by atoms with Crippen LogP contribution in [0.25, 0.3) is 10.9 Å². The van der Waals surface area contributed by atoms with Crippen molar-refractivity contribution in [2.24, 2.45) is 0 Å². The number of rotatable bonds is 3. The number of halogens is 1. The van der Waals surface area contributed by atoms with Crippen LogP contribution in [0.5, 0.6) is 0 Å². The van der Waals surface area contributed by atoms with Crippen LogP contribution in [0.2, 0.25) is 0 Å². The Labute approximate surface area is 104 Å². The summed E-state index contributed by atoms with van der Waals surface area (Å²) in [5, 5.41) is 4.37. The Balaban J connectivity index is 2.46. The molecule has 0 unspecified atom stereocenters. The molecule has 2 rings (SSSR count). The summed E-state index contributed by atoms with van der Waals surface area (Å²) in [5.41, 5.74) is 3.52. The second-order valence-corrected chi connectivity index (χ2v) is 4.86. The number of hydrogen-bond donors (Lipinski definition) is 1. The van der Waals surface area contributed by atoms with Crippen molar-refractivity contribution in [1.82, 2.24) is 10.3 Å². The lowest BCUT2D eigenvalue weighted by Gasteiger charge is -2.06. The fourth-order valence-corrected chi connectivity index (χ4v) is 2.18. The minimum absolute atomic E-state index is 0.967. The zero-order valence-electron chi connectivity index (χ0n) is 9.55. The predicted octanol–water partition coefficient (Wildman–Crippen LogP) is 3.07. The van der Waals surface area contributed by atoms with Crippen molar-refractivity contribution in [2.45, 2.75) is 13.3 Å². The van der Waals surface area contributed by atoms with Gasteiger partial charge >= 0.3 is 0 Å². The molecule has 1 aromatic heterocycles. The minimum Gasteiger partial charge on any atom is -0.319 e. The molecule has 1 aromatic carbocycles. The van der Waals surface area contributed by atoms with E-state index in [1.165, 1.54) is 10.9 Å². The maximum absolute atomic E-state index is 4.65. The Bertz CT molecular complexity index is 509. The van der Waals surface area contributed by atoms with E-state index in [0.717, 1.165) is 28.6 Å². The fourth-order valence-electron chi connectivity index (χ4n) is 1.82. The standard InChI is InChI=1S/C13H15BrN2/c1-9-7-11(5-6-15-2)16-13-4-3-10(14)8-12(9)13/h3-4,7-8,15H,5-6H2,1-2H3. The van der Waals surface area contributed by atoms with Crippen molar-refractivity contribution in [3.8, 4) is 0 Å². The van der Waals surface area contributed by atoms with Gasteiger partial charge in [-0.3, -0.25) is 4.98 Å². The first-order chi connectivity index (χ1) is 7.70. The molecular weight excluding hydrogens is 264 g/mol. The van der Waals surface area contributed by atoms with E-state index in [2.05, 4.69) is 51.4 Å². The van der Waals surface area contributed by atoms with Crippen LogP contribution in [-0.4, -0.2) is 18.6 Å². The molecule has 3 heteroatoms. The molecule has 16 heavy (non-hydrogen) atoms. The smallest absolute Gasteiger partial charge is 0.0708 e. The van der Waals surface area contributed by atoms with Crippen LogP contribution in [0, 0.1) is 6.92 Å². The lowest BCUT2D eigenvalue weighted by molar-refractivity contribution is 0.778. The first kappa shape index (κ1) is 11.6. The van der Waals surface area contributed by atoms with Crippen LogP contribution < -0.4 is 5.32 Å². The van der Waals surface area contributed by atoms with E-state index >= 15 is 0 Å². The minimum atomic E-state index is 0.967. The number of benzene rings is 1. The van der Waals surface area contributed by atoms with E-state index in [9.17, 15) is 0 Å². The summed E-state index contributed by atoms with van der Waals surface area (Å²) < 4.78 is 1.10. The van der Waals surface area contributed by atoms with Crippen LogP contribution in [0.1, 0.15) is 11.3 Å². The summed E-state index contributed by atoms with van der Waals surface area (Å²) in [6.07, 6.45) is 0.976. The predicted molar refractivity (Wildman–Crippen MR) is 71.8 cm³/mol. The SMILES string of the molecule is CNCCc1cc(C)c2cc(Br)ccc2n1. The van der Waals surface area contributed by atoms with Gasteiger partial charge in [0.25, 0.3) is 0 Å². The van der Waals surface area contributed by atoms with Gasteiger partial charge in [0.1, 0.15) is 0 Å². The Kier molecular flexibility index (Phi) is 3.56. The van der Waals surface area contributed by atoms with Crippen molar-refractivity contribution in [1.29, 1.82) is 0 Å². The summed E-state index contributed by atoms with van der Waals surface area (Å²) >= 11 is 3.49. The maximum atomic E-state index is 4.65. The van der Waals surface area contributed by atoms with Crippen molar-refractivity contribution in [2.75, 3.05) is 13.6 Å². The molecule has 0 saturated carbocycles. The van der Waals surface area contributed by atoms with Gasteiger partial charge in [0.2, 0.25) is 0 Å². The molecule has 0 aliphatic carbocycles. The molecule has 0 spiro atoms. The highest BCUT2D eigenvalue weighted by Crippen LogP contribution is 2.22. The molecule has 1 N–H and O–H groups in total. The van der Waals surface area contributed by atoms with Gasteiger partial charge in [-0.1, -0.05) is 15.9 Å². The number of aromatic nitrogens is 1. The van der Waals surface area contributed by atoms with E-state index < -0.39 is 0 Å². The zero-order chi connectivity index (χ0) is 11.5. The lowest BCUT2D eigenvalue weighted by atomic mass is 10.1. The van der Waals surface area contributed by atoms with Crippen LogP contribution in [-0.2, 0) is 6.42 Å². The molecule has 2 nitrogen and oxygen atoms in total. The first-order valence-electron chi connectivity index (χ1n) is 5.41. The summed E-state index contributed by atoms with van der Waals surface area (Å²) in [6, 6.07) is 8.40. The third-order valence-electron chi connectivity index (χ3n) is 2.66. The topological polar surface area (TPSA) is 24.9 Å². The second-order valence-electron chi connectivity index (χ2n) is 3.95. The molecule has 0 radical (unpaired) electrons. The number of nitrogens with one attached hydrogen (secondary N) is 1. The summed E-state index contributed by atoms with van der Waals surface area (Å²) in [4.78, 5) is 4.65. The Morgan fingerprint density at radius 1 is 1.31 bits per heavy atom. The average Bonchev–Trinajstić information content (AvgIpc) is 2.27. The molecule has 0 atom stereocenters. The van der Waals surface area contributed by atoms with Crippen LogP contribution >= 0.6 is 15.9 Å². The third-order valence-corrected chi connectivity index (χ3v) is 3.16. The van der Waals surface area contributed by atoms with E-state index in [4.69, 9.17) is 0 Å². The number of likely N-dealkylation sites (N-methyl/N-ethyl adjacent to an activating group) is 1. The van der Waals surface area contributed by atoms with Crippen molar-refractivity contribution < 1.29 is 0 Å². The quantitative estimate of drug-likeness (QED) is 0.934. The number of hydrogen-bond acceptors (Lipinski definition) is 2.